The molecule has 0 aromatic rings. The Bertz CT molecular complexity index is 457. The summed E-state index contributed by atoms with van der Waals surface area (Å²) < 4.78 is 35.1. The standard InChI is InChI=1S/C27H56O4S.Na/c1-2-3-4-5-6-7-8-9-10-11-12-13-14-15-16-17-18-19-20-21-22-23-24-25-26-27-31-32(28,29)30;/h2-27H2,1H3,(H,28,29,30);/q;+1/p-1. The predicted molar refractivity (Wildman–Crippen MR) is 137 cm³/mol. The molecule has 0 rings (SSSR count). The van der Waals surface area contributed by atoms with Gasteiger partial charge in [0, 0.05) is 0 Å². The van der Waals surface area contributed by atoms with E-state index in [4.69, 9.17) is 0 Å². The molecule has 4 nitrogen and oxygen atoms in total. The van der Waals surface area contributed by atoms with Crippen LogP contribution in [0.5, 0.6) is 0 Å². The Morgan fingerprint density at radius 1 is 0.455 bits per heavy atom. The normalized spacial score (nSPS) is 11.6. The van der Waals surface area contributed by atoms with E-state index in [1.54, 1.807) is 0 Å². The van der Waals surface area contributed by atoms with Crippen LogP contribution in [0.25, 0.3) is 0 Å². The first-order valence-electron chi connectivity index (χ1n) is 14.2. The van der Waals surface area contributed by atoms with E-state index in [2.05, 4.69) is 11.1 Å². The van der Waals surface area contributed by atoms with Crippen molar-refractivity contribution in [1.29, 1.82) is 0 Å². The van der Waals surface area contributed by atoms with Gasteiger partial charge in [0.2, 0.25) is 10.4 Å². The minimum Gasteiger partial charge on any atom is -0.726 e. The van der Waals surface area contributed by atoms with Crippen LogP contribution < -0.4 is 29.6 Å². The first-order valence-corrected chi connectivity index (χ1v) is 15.5. The maximum absolute atomic E-state index is 10.3. The fraction of sp³-hybridized carbons (Fsp3) is 1.00. The van der Waals surface area contributed by atoms with Crippen molar-refractivity contribution in [1.82, 2.24) is 0 Å². The molecule has 0 aliphatic carbocycles. The van der Waals surface area contributed by atoms with Crippen LogP contribution in [0.3, 0.4) is 0 Å². The number of rotatable bonds is 27. The number of unbranched alkanes of at least 4 members (excludes halogenated alkanes) is 24. The predicted octanol–water partition coefficient (Wildman–Crippen LogP) is 6.24. The molecule has 0 fully saturated rings. The van der Waals surface area contributed by atoms with Crippen molar-refractivity contribution in [2.45, 2.75) is 167 Å². The van der Waals surface area contributed by atoms with Gasteiger partial charge in [-0.15, -0.1) is 0 Å². The number of hydrogen-bond donors (Lipinski definition) is 0. The molecule has 33 heavy (non-hydrogen) atoms. The van der Waals surface area contributed by atoms with Crippen LogP contribution in [0, 0.1) is 0 Å². The summed E-state index contributed by atoms with van der Waals surface area (Å²) in [4.78, 5) is 0. The second kappa shape index (κ2) is 29.1. The van der Waals surface area contributed by atoms with Crippen molar-refractivity contribution < 1.29 is 46.7 Å². The fourth-order valence-corrected chi connectivity index (χ4v) is 4.72. The van der Waals surface area contributed by atoms with Crippen molar-refractivity contribution in [3.05, 3.63) is 0 Å². The molecule has 0 saturated heterocycles. The van der Waals surface area contributed by atoms with Crippen molar-refractivity contribution in [3.8, 4) is 0 Å². The zero-order chi connectivity index (χ0) is 23.6. The van der Waals surface area contributed by atoms with E-state index in [0.29, 0.717) is 6.42 Å². The van der Waals surface area contributed by atoms with Crippen molar-refractivity contribution in [3.63, 3.8) is 0 Å². The third-order valence-electron chi connectivity index (χ3n) is 6.48. The van der Waals surface area contributed by atoms with Crippen molar-refractivity contribution in [2.75, 3.05) is 6.61 Å². The third kappa shape index (κ3) is 35.1. The average Bonchev–Trinajstić information content (AvgIpc) is 2.75. The quantitative estimate of drug-likeness (QED) is 0.0582. The molecule has 0 aliphatic rings. The van der Waals surface area contributed by atoms with E-state index in [0.717, 1.165) is 12.8 Å². The van der Waals surface area contributed by atoms with Crippen LogP contribution in [-0.2, 0) is 14.6 Å². The molecule has 0 radical (unpaired) electrons. The molecule has 0 atom stereocenters. The molecule has 0 unspecified atom stereocenters. The third-order valence-corrected chi connectivity index (χ3v) is 6.93. The van der Waals surface area contributed by atoms with Gasteiger partial charge in [0.25, 0.3) is 0 Å². The van der Waals surface area contributed by atoms with E-state index in [1.807, 2.05) is 0 Å². The smallest absolute Gasteiger partial charge is 0.726 e. The van der Waals surface area contributed by atoms with Gasteiger partial charge in [0.05, 0.1) is 6.61 Å². The van der Waals surface area contributed by atoms with Gasteiger partial charge in [0.1, 0.15) is 0 Å². The molecule has 0 amide bonds. The van der Waals surface area contributed by atoms with Gasteiger partial charge >= 0.3 is 29.6 Å². The summed E-state index contributed by atoms with van der Waals surface area (Å²) in [6.45, 7) is 2.32. The summed E-state index contributed by atoms with van der Waals surface area (Å²) in [6, 6.07) is 0. The monoisotopic (exact) mass is 498 g/mol. The van der Waals surface area contributed by atoms with Gasteiger partial charge in [0.15, 0.2) is 0 Å². The van der Waals surface area contributed by atoms with E-state index in [9.17, 15) is 13.0 Å². The number of hydrogen-bond acceptors (Lipinski definition) is 4. The Labute approximate surface area is 230 Å². The Hall–Kier alpha value is 0.870. The van der Waals surface area contributed by atoms with E-state index in [-0.39, 0.29) is 36.2 Å². The van der Waals surface area contributed by atoms with Crippen molar-refractivity contribution in [2.24, 2.45) is 0 Å². The first kappa shape index (κ1) is 36.0. The Morgan fingerprint density at radius 3 is 0.879 bits per heavy atom. The molecule has 0 saturated carbocycles. The van der Waals surface area contributed by atoms with Gasteiger partial charge in [-0.1, -0.05) is 161 Å². The molecule has 194 valence electrons. The van der Waals surface area contributed by atoms with Crippen LogP contribution in [0.1, 0.15) is 167 Å². The second-order valence-electron chi connectivity index (χ2n) is 9.72. The van der Waals surface area contributed by atoms with E-state index in [1.165, 1.54) is 141 Å². The summed E-state index contributed by atoms with van der Waals surface area (Å²) in [5.74, 6) is 0. The Balaban J connectivity index is 0. The maximum atomic E-state index is 10.3. The summed E-state index contributed by atoms with van der Waals surface area (Å²) in [7, 11) is -4.50. The van der Waals surface area contributed by atoms with Crippen LogP contribution in [-0.4, -0.2) is 19.6 Å². The summed E-state index contributed by atoms with van der Waals surface area (Å²) in [5.41, 5.74) is 0. The molecule has 0 N–H and O–H groups in total. The van der Waals surface area contributed by atoms with Gasteiger partial charge in [-0.3, -0.25) is 4.18 Å². The first-order chi connectivity index (χ1) is 15.6. The SMILES string of the molecule is CCCCCCCCCCCCCCCCCCCCCCCCCCCOS(=O)(=O)[O-].[Na+]. The molecule has 0 aromatic heterocycles. The molecular weight excluding hydrogens is 443 g/mol. The summed E-state index contributed by atoms with van der Waals surface area (Å²) in [5, 5.41) is 0. The molecule has 0 aromatic carbocycles. The van der Waals surface area contributed by atoms with Crippen LogP contribution in [0.2, 0.25) is 0 Å². The van der Waals surface area contributed by atoms with Gasteiger partial charge < -0.3 is 4.55 Å². The van der Waals surface area contributed by atoms with Crippen molar-refractivity contribution >= 4 is 10.4 Å². The minimum absolute atomic E-state index is 0. The Morgan fingerprint density at radius 2 is 0.667 bits per heavy atom. The molecule has 0 spiro atoms. The van der Waals surface area contributed by atoms with E-state index < -0.39 is 10.4 Å². The second-order valence-corrected chi connectivity index (χ2v) is 10.8. The van der Waals surface area contributed by atoms with Crippen LogP contribution >= 0.6 is 0 Å². The van der Waals surface area contributed by atoms with Gasteiger partial charge in [-0.2, -0.15) is 0 Å². The molecule has 0 heterocycles. The van der Waals surface area contributed by atoms with Gasteiger partial charge in [-0.25, -0.2) is 8.42 Å². The largest absolute Gasteiger partial charge is 1.00 e. The fourth-order valence-electron chi connectivity index (χ4n) is 4.40. The van der Waals surface area contributed by atoms with E-state index >= 15 is 0 Å². The van der Waals surface area contributed by atoms with Crippen LogP contribution in [0.15, 0.2) is 0 Å². The molecule has 0 bridgehead atoms. The molecular formula is C27H55NaO4S. The van der Waals surface area contributed by atoms with Crippen LogP contribution in [0.4, 0.5) is 0 Å². The minimum atomic E-state index is -4.50. The topological polar surface area (TPSA) is 66.4 Å². The summed E-state index contributed by atoms with van der Waals surface area (Å²) >= 11 is 0. The summed E-state index contributed by atoms with van der Waals surface area (Å²) in [6.07, 6.45) is 33.5. The zero-order valence-electron chi connectivity index (χ0n) is 22.4. The Kier molecular flexibility index (Phi) is 31.8. The molecule has 0 aliphatic heterocycles. The average molecular weight is 499 g/mol. The maximum Gasteiger partial charge on any atom is 1.00 e. The zero-order valence-corrected chi connectivity index (χ0v) is 25.2. The van der Waals surface area contributed by atoms with Gasteiger partial charge in [-0.05, 0) is 6.42 Å². The molecule has 6 heteroatoms.